The van der Waals surface area contributed by atoms with Crippen LogP contribution in [0.5, 0.6) is 0 Å². The number of unbranched alkanes of at least 4 members (excludes halogenated alkanes) is 7. The van der Waals surface area contributed by atoms with Crippen molar-refractivity contribution in [3.8, 4) is 0 Å². The van der Waals surface area contributed by atoms with Crippen molar-refractivity contribution >= 4 is 11.8 Å². The van der Waals surface area contributed by atoms with Gasteiger partial charge in [-0.3, -0.25) is 4.79 Å². The van der Waals surface area contributed by atoms with E-state index < -0.39 is 0 Å². The van der Waals surface area contributed by atoms with E-state index in [1.165, 1.54) is 25.7 Å². The lowest BCUT2D eigenvalue weighted by Crippen LogP contribution is -2.33. The van der Waals surface area contributed by atoms with E-state index in [1.807, 2.05) is 0 Å². The standard InChI is InChI=1S/C28H50N2O4/c1-21-19-24(33-4)15-17-26(21)29-30-27-18-16-25(20-22(27)2)34-28(32)14-12-10-8-6-5-7-9-11-13-23(3)31/h21-22,24-27H,5-20H2,1-4H3. The first-order valence-corrected chi connectivity index (χ1v) is 14.0. The van der Waals surface area contributed by atoms with Crippen LogP contribution in [-0.4, -0.2) is 43.2 Å². The van der Waals surface area contributed by atoms with Crippen LogP contribution in [0.4, 0.5) is 0 Å². The Bertz CT molecular complexity index is 624. The SMILES string of the molecule is COC1CCC(N=NC2CCC(OC(=O)CCCCCCCCCCC(C)=O)CC2C)C(C)C1. The molecule has 2 aliphatic rings. The van der Waals surface area contributed by atoms with E-state index in [1.54, 1.807) is 14.0 Å². The third-order valence-corrected chi connectivity index (χ3v) is 7.81. The molecule has 0 bridgehead atoms. The fourth-order valence-electron chi connectivity index (χ4n) is 5.45. The molecule has 2 saturated carbocycles. The molecular formula is C28H50N2O4. The number of carbonyl (C=O) groups excluding carboxylic acids is 2. The Kier molecular flexibility index (Phi) is 13.9. The Hall–Kier alpha value is -1.30. The van der Waals surface area contributed by atoms with Crippen LogP contribution in [0, 0.1) is 11.8 Å². The molecule has 0 heterocycles. The fourth-order valence-corrected chi connectivity index (χ4v) is 5.45. The van der Waals surface area contributed by atoms with Gasteiger partial charge in [-0.15, -0.1) is 0 Å². The smallest absolute Gasteiger partial charge is 0.306 e. The number of azo groups is 1. The number of hydrogen-bond donors (Lipinski definition) is 0. The van der Waals surface area contributed by atoms with Gasteiger partial charge in [-0.2, -0.15) is 10.2 Å². The summed E-state index contributed by atoms with van der Waals surface area (Å²) in [5.74, 6) is 1.18. The lowest BCUT2D eigenvalue weighted by atomic mass is 9.84. The van der Waals surface area contributed by atoms with Crippen LogP contribution < -0.4 is 0 Å². The second-order valence-corrected chi connectivity index (χ2v) is 10.9. The molecule has 2 aliphatic carbocycles. The number of ketones is 1. The van der Waals surface area contributed by atoms with Crippen molar-refractivity contribution < 1.29 is 19.1 Å². The summed E-state index contributed by atoms with van der Waals surface area (Å²) in [5, 5.41) is 9.47. The average Bonchev–Trinajstić information content (AvgIpc) is 2.80. The quantitative estimate of drug-likeness (QED) is 0.141. The molecule has 2 fully saturated rings. The number of carbonyl (C=O) groups is 2. The maximum absolute atomic E-state index is 12.3. The number of esters is 1. The third-order valence-electron chi connectivity index (χ3n) is 7.81. The summed E-state index contributed by atoms with van der Waals surface area (Å²) in [6, 6.07) is 0.575. The minimum atomic E-state index is -0.0368. The topological polar surface area (TPSA) is 77.3 Å². The molecule has 34 heavy (non-hydrogen) atoms. The molecule has 196 valence electrons. The zero-order valence-corrected chi connectivity index (χ0v) is 22.3. The van der Waals surface area contributed by atoms with E-state index >= 15 is 0 Å². The summed E-state index contributed by atoms with van der Waals surface area (Å²) >= 11 is 0. The van der Waals surface area contributed by atoms with Gasteiger partial charge in [0.25, 0.3) is 0 Å². The Morgan fingerprint density at radius 1 is 0.706 bits per heavy atom. The van der Waals surface area contributed by atoms with Gasteiger partial charge in [-0.1, -0.05) is 52.4 Å². The van der Waals surface area contributed by atoms with Gasteiger partial charge in [-0.25, -0.2) is 0 Å². The van der Waals surface area contributed by atoms with Crippen LogP contribution in [0.3, 0.4) is 0 Å². The van der Waals surface area contributed by atoms with Gasteiger partial charge in [-0.05, 0) is 70.1 Å². The molecule has 0 saturated heterocycles. The summed E-state index contributed by atoms with van der Waals surface area (Å²) in [6.45, 7) is 6.14. The first-order valence-electron chi connectivity index (χ1n) is 14.0. The van der Waals surface area contributed by atoms with Crippen molar-refractivity contribution in [2.45, 2.75) is 148 Å². The Morgan fingerprint density at radius 2 is 1.18 bits per heavy atom. The van der Waals surface area contributed by atoms with Crippen molar-refractivity contribution in [2.24, 2.45) is 22.1 Å². The van der Waals surface area contributed by atoms with Crippen LogP contribution in [0.2, 0.25) is 0 Å². The van der Waals surface area contributed by atoms with Crippen molar-refractivity contribution in [2.75, 3.05) is 7.11 Å². The number of nitrogens with zero attached hydrogens (tertiary/aromatic N) is 2. The van der Waals surface area contributed by atoms with E-state index in [2.05, 4.69) is 13.8 Å². The van der Waals surface area contributed by atoms with Crippen molar-refractivity contribution in [1.29, 1.82) is 0 Å². The van der Waals surface area contributed by atoms with E-state index in [0.717, 1.165) is 70.6 Å². The highest BCUT2D eigenvalue weighted by molar-refractivity contribution is 5.75. The molecule has 0 aromatic carbocycles. The minimum absolute atomic E-state index is 0.0368. The Labute approximate surface area is 208 Å². The first kappa shape index (κ1) is 28.9. The molecule has 6 heteroatoms. The van der Waals surface area contributed by atoms with Crippen LogP contribution in [-0.2, 0) is 19.1 Å². The van der Waals surface area contributed by atoms with Crippen LogP contribution >= 0.6 is 0 Å². The van der Waals surface area contributed by atoms with Crippen LogP contribution in [0.25, 0.3) is 0 Å². The molecule has 0 aromatic rings. The second-order valence-electron chi connectivity index (χ2n) is 10.9. The van der Waals surface area contributed by atoms with Gasteiger partial charge in [0.05, 0.1) is 18.2 Å². The number of hydrogen-bond acceptors (Lipinski definition) is 6. The highest BCUT2D eigenvalue weighted by atomic mass is 16.5. The van der Waals surface area contributed by atoms with Crippen LogP contribution in [0.1, 0.15) is 124 Å². The second kappa shape index (κ2) is 16.4. The summed E-state index contributed by atoms with van der Waals surface area (Å²) in [5.41, 5.74) is 0. The van der Waals surface area contributed by atoms with Gasteiger partial charge in [0.15, 0.2) is 0 Å². The van der Waals surface area contributed by atoms with Gasteiger partial charge < -0.3 is 14.3 Å². The molecule has 0 spiro atoms. The van der Waals surface area contributed by atoms with Crippen molar-refractivity contribution in [3.63, 3.8) is 0 Å². The van der Waals surface area contributed by atoms with Gasteiger partial charge in [0.1, 0.15) is 11.9 Å². The molecule has 6 unspecified atom stereocenters. The molecule has 6 nitrogen and oxygen atoms in total. The van der Waals surface area contributed by atoms with Crippen molar-refractivity contribution in [1.82, 2.24) is 0 Å². The molecule has 0 radical (unpaired) electrons. The largest absolute Gasteiger partial charge is 0.462 e. The van der Waals surface area contributed by atoms with E-state index in [9.17, 15) is 9.59 Å². The highest BCUT2D eigenvalue weighted by Crippen LogP contribution is 2.32. The monoisotopic (exact) mass is 478 g/mol. The Balaban J connectivity index is 1.52. The van der Waals surface area contributed by atoms with Crippen molar-refractivity contribution in [3.05, 3.63) is 0 Å². The van der Waals surface area contributed by atoms with E-state index in [0.29, 0.717) is 36.2 Å². The van der Waals surface area contributed by atoms with Gasteiger partial charge in [0, 0.05) is 20.0 Å². The summed E-state index contributed by atoms with van der Waals surface area (Å²) < 4.78 is 11.3. The highest BCUT2D eigenvalue weighted by Gasteiger charge is 2.31. The fraction of sp³-hybridized carbons (Fsp3) is 0.929. The maximum Gasteiger partial charge on any atom is 0.306 e. The third kappa shape index (κ3) is 11.4. The molecule has 2 rings (SSSR count). The Morgan fingerprint density at radius 3 is 1.68 bits per heavy atom. The number of rotatable bonds is 15. The normalized spacial score (nSPS) is 29.9. The summed E-state index contributed by atoms with van der Waals surface area (Å²) in [6.07, 6.45) is 16.7. The zero-order chi connectivity index (χ0) is 24.8. The summed E-state index contributed by atoms with van der Waals surface area (Å²) in [4.78, 5) is 23.2. The van der Waals surface area contributed by atoms with Gasteiger partial charge in [0.2, 0.25) is 0 Å². The molecule has 0 aromatic heterocycles. The predicted octanol–water partition coefficient (Wildman–Crippen LogP) is 7.23. The average molecular weight is 479 g/mol. The lowest BCUT2D eigenvalue weighted by molar-refractivity contribution is -0.151. The first-order chi connectivity index (χ1) is 16.4. The van der Waals surface area contributed by atoms with Gasteiger partial charge >= 0.3 is 5.97 Å². The molecule has 0 aliphatic heterocycles. The molecule has 0 N–H and O–H groups in total. The number of ether oxygens (including phenoxy) is 2. The molecular weight excluding hydrogens is 428 g/mol. The summed E-state index contributed by atoms with van der Waals surface area (Å²) in [7, 11) is 1.80. The number of Topliss-reactive ketones (excluding diaryl/α,β-unsaturated/α-hetero) is 1. The molecule has 6 atom stereocenters. The lowest BCUT2D eigenvalue weighted by Gasteiger charge is -2.33. The minimum Gasteiger partial charge on any atom is -0.462 e. The number of methoxy groups -OCH3 is 1. The molecule has 0 amide bonds. The predicted molar refractivity (Wildman–Crippen MR) is 136 cm³/mol. The maximum atomic E-state index is 12.3. The van der Waals surface area contributed by atoms with Crippen LogP contribution in [0.15, 0.2) is 10.2 Å². The van der Waals surface area contributed by atoms with E-state index in [4.69, 9.17) is 19.7 Å². The zero-order valence-electron chi connectivity index (χ0n) is 22.3. The van der Waals surface area contributed by atoms with E-state index in [-0.39, 0.29) is 18.1 Å².